The predicted molar refractivity (Wildman–Crippen MR) is 134 cm³/mol. The number of rotatable bonds is 15. The average Bonchev–Trinajstić information content (AvgIpc) is 2.90. The van der Waals surface area contributed by atoms with Gasteiger partial charge in [0.05, 0.1) is 53.4 Å². The molecule has 0 heterocycles. The fourth-order valence-electron chi connectivity index (χ4n) is 3.32. The summed E-state index contributed by atoms with van der Waals surface area (Å²) in [4.78, 5) is 11.3. The molecule has 0 amide bonds. The normalized spacial score (nSPS) is 14.1. The van der Waals surface area contributed by atoms with Gasteiger partial charge in [0.2, 0.25) is 0 Å². The van der Waals surface area contributed by atoms with Gasteiger partial charge in [0.25, 0.3) is 0 Å². The Bertz CT molecular complexity index is 919. The number of carbonyl (C=O) groups excluding carboxylic acids is 1. The van der Waals surface area contributed by atoms with Gasteiger partial charge in [0, 0.05) is 18.4 Å². The van der Waals surface area contributed by atoms with Crippen LogP contribution in [-0.2, 0) is 32.2 Å². The first-order valence-electron chi connectivity index (χ1n) is 11.5. The smallest absolute Gasteiger partial charge is 0.330 e. The van der Waals surface area contributed by atoms with E-state index in [1.165, 1.54) is 13.2 Å². The summed E-state index contributed by atoms with van der Waals surface area (Å²) in [5.74, 6) is 1.14. The van der Waals surface area contributed by atoms with Crippen LogP contribution in [0.2, 0.25) is 0 Å². The van der Waals surface area contributed by atoms with E-state index in [0.29, 0.717) is 19.6 Å². The standard InChI is InChI=1S/C28H36O7/c1-21(7-5-6-8-28(30)33-4)27(35-20-23-11-15-25(32-3)16-12-23)17-26(18-29)34-19-22-9-13-24(31-2)14-10-22/h5-16,21,26-27,29H,17-20H2,1-4H3/t21-,26?,27?/m1/s1. The van der Waals surface area contributed by atoms with Crippen molar-refractivity contribution in [2.45, 2.75) is 38.8 Å². The molecule has 7 heteroatoms. The molecule has 0 saturated heterocycles. The first-order valence-corrected chi connectivity index (χ1v) is 11.5. The predicted octanol–water partition coefficient (Wildman–Crippen LogP) is 4.48. The Labute approximate surface area is 207 Å². The highest BCUT2D eigenvalue weighted by atomic mass is 16.5. The topological polar surface area (TPSA) is 83.5 Å². The first-order chi connectivity index (χ1) is 17.0. The van der Waals surface area contributed by atoms with Crippen LogP contribution in [0.5, 0.6) is 11.5 Å². The van der Waals surface area contributed by atoms with Crippen LogP contribution in [0.15, 0.2) is 72.8 Å². The van der Waals surface area contributed by atoms with Crippen LogP contribution in [0.3, 0.4) is 0 Å². The Balaban J connectivity index is 2.04. The monoisotopic (exact) mass is 484 g/mol. The van der Waals surface area contributed by atoms with E-state index in [4.69, 9.17) is 18.9 Å². The molecule has 2 unspecified atom stereocenters. The molecule has 0 radical (unpaired) electrons. The molecule has 0 aliphatic heterocycles. The third kappa shape index (κ3) is 10.3. The van der Waals surface area contributed by atoms with Gasteiger partial charge in [0.15, 0.2) is 0 Å². The largest absolute Gasteiger partial charge is 0.497 e. The number of ether oxygens (including phenoxy) is 5. The lowest BCUT2D eigenvalue weighted by molar-refractivity contribution is -0.134. The van der Waals surface area contributed by atoms with E-state index in [9.17, 15) is 9.90 Å². The Morgan fingerprint density at radius 1 is 0.857 bits per heavy atom. The zero-order valence-electron chi connectivity index (χ0n) is 20.9. The molecule has 0 aliphatic rings. The molecule has 0 bridgehead atoms. The molecule has 35 heavy (non-hydrogen) atoms. The number of aliphatic hydroxyl groups is 1. The molecule has 1 N–H and O–H groups in total. The van der Waals surface area contributed by atoms with Gasteiger partial charge in [0.1, 0.15) is 11.5 Å². The van der Waals surface area contributed by atoms with Gasteiger partial charge in [-0.2, -0.15) is 0 Å². The third-order valence-corrected chi connectivity index (χ3v) is 5.51. The molecule has 0 aliphatic carbocycles. The van der Waals surface area contributed by atoms with Crippen molar-refractivity contribution in [3.05, 3.63) is 84.0 Å². The molecule has 0 spiro atoms. The highest BCUT2D eigenvalue weighted by Crippen LogP contribution is 2.21. The highest BCUT2D eigenvalue weighted by Gasteiger charge is 2.22. The van der Waals surface area contributed by atoms with Crippen LogP contribution in [0, 0.1) is 5.92 Å². The van der Waals surface area contributed by atoms with Gasteiger partial charge in [-0.3, -0.25) is 0 Å². The van der Waals surface area contributed by atoms with E-state index in [1.54, 1.807) is 26.4 Å². The zero-order valence-corrected chi connectivity index (χ0v) is 20.9. The van der Waals surface area contributed by atoms with E-state index in [2.05, 4.69) is 4.74 Å². The maximum absolute atomic E-state index is 11.3. The maximum atomic E-state index is 11.3. The van der Waals surface area contributed by atoms with Crippen molar-refractivity contribution < 1.29 is 33.6 Å². The summed E-state index contributed by atoms with van der Waals surface area (Å²) in [5.41, 5.74) is 2.00. The second kappa shape index (κ2) is 15.7. The molecular formula is C28H36O7. The highest BCUT2D eigenvalue weighted by molar-refractivity contribution is 5.82. The molecule has 2 aromatic rings. The number of aliphatic hydroxyl groups excluding tert-OH is 1. The number of hydrogen-bond acceptors (Lipinski definition) is 7. The average molecular weight is 485 g/mol. The minimum absolute atomic E-state index is 0.00539. The van der Waals surface area contributed by atoms with Crippen LogP contribution in [0.4, 0.5) is 0 Å². The van der Waals surface area contributed by atoms with Crippen LogP contribution >= 0.6 is 0 Å². The van der Waals surface area contributed by atoms with Gasteiger partial charge in [-0.15, -0.1) is 0 Å². The third-order valence-electron chi connectivity index (χ3n) is 5.51. The van der Waals surface area contributed by atoms with Gasteiger partial charge in [-0.25, -0.2) is 4.79 Å². The van der Waals surface area contributed by atoms with Crippen molar-refractivity contribution in [2.24, 2.45) is 5.92 Å². The molecule has 2 aromatic carbocycles. The van der Waals surface area contributed by atoms with E-state index in [-0.39, 0.29) is 18.6 Å². The van der Waals surface area contributed by atoms with Crippen molar-refractivity contribution in [1.29, 1.82) is 0 Å². The fourth-order valence-corrected chi connectivity index (χ4v) is 3.32. The summed E-state index contributed by atoms with van der Waals surface area (Å²) in [5, 5.41) is 9.97. The Morgan fingerprint density at radius 3 is 1.89 bits per heavy atom. The molecule has 190 valence electrons. The molecule has 2 rings (SSSR count). The lowest BCUT2D eigenvalue weighted by Gasteiger charge is -2.26. The van der Waals surface area contributed by atoms with Gasteiger partial charge < -0.3 is 28.8 Å². The van der Waals surface area contributed by atoms with E-state index >= 15 is 0 Å². The van der Waals surface area contributed by atoms with E-state index in [0.717, 1.165) is 22.6 Å². The number of carbonyl (C=O) groups is 1. The fraction of sp³-hybridized carbons (Fsp3) is 0.393. The summed E-state index contributed by atoms with van der Waals surface area (Å²) in [7, 11) is 4.59. The van der Waals surface area contributed by atoms with Crippen LogP contribution in [-0.4, -0.2) is 51.2 Å². The molecule has 0 saturated carbocycles. The second-order valence-electron chi connectivity index (χ2n) is 8.02. The Morgan fingerprint density at radius 2 is 1.40 bits per heavy atom. The van der Waals surface area contributed by atoms with Crippen LogP contribution < -0.4 is 9.47 Å². The van der Waals surface area contributed by atoms with Gasteiger partial charge in [-0.1, -0.05) is 49.4 Å². The Kier molecular flexibility index (Phi) is 12.6. The maximum Gasteiger partial charge on any atom is 0.330 e. The summed E-state index contributed by atoms with van der Waals surface area (Å²) >= 11 is 0. The van der Waals surface area contributed by atoms with Crippen LogP contribution in [0.25, 0.3) is 0 Å². The molecular weight excluding hydrogens is 448 g/mol. The van der Waals surface area contributed by atoms with Gasteiger partial charge >= 0.3 is 5.97 Å². The van der Waals surface area contributed by atoms with Crippen molar-refractivity contribution in [3.63, 3.8) is 0 Å². The molecule has 7 nitrogen and oxygen atoms in total. The lowest BCUT2D eigenvalue weighted by atomic mass is 9.98. The lowest BCUT2D eigenvalue weighted by Crippen LogP contribution is -2.30. The zero-order chi connectivity index (χ0) is 25.5. The van der Waals surface area contributed by atoms with Gasteiger partial charge in [-0.05, 0) is 35.4 Å². The van der Waals surface area contributed by atoms with Crippen molar-refractivity contribution in [3.8, 4) is 11.5 Å². The number of methoxy groups -OCH3 is 3. The van der Waals surface area contributed by atoms with Crippen molar-refractivity contribution in [1.82, 2.24) is 0 Å². The molecule has 0 aromatic heterocycles. The summed E-state index contributed by atoms with van der Waals surface area (Å²) in [6.45, 7) is 2.67. The Hall–Kier alpha value is -3.13. The number of esters is 1. The molecule has 3 atom stereocenters. The summed E-state index contributed by atoms with van der Waals surface area (Å²) in [6.07, 6.45) is 6.59. The number of hydrogen-bond donors (Lipinski definition) is 1. The number of benzene rings is 2. The van der Waals surface area contributed by atoms with Crippen molar-refractivity contribution >= 4 is 5.97 Å². The number of allylic oxidation sites excluding steroid dienone is 2. The van der Waals surface area contributed by atoms with Crippen molar-refractivity contribution in [2.75, 3.05) is 27.9 Å². The van der Waals surface area contributed by atoms with E-state index in [1.807, 2.05) is 61.5 Å². The quantitative estimate of drug-likeness (QED) is 0.227. The first kappa shape index (κ1) is 28.1. The minimum atomic E-state index is -0.415. The summed E-state index contributed by atoms with van der Waals surface area (Å²) < 4.78 is 27.3. The summed E-state index contributed by atoms with van der Waals surface area (Å²) in [6, 6.07) is 15.3. The van der Waals surface area contributed by atoms with E-state index < -0.39 is 12.1 Å². The second-order valence-corrected chi connectivity index (χ2v) is 8.02. The van der Waals surface area contributed by atoms with Crippen LogP contribution in [0.1, 0.15) is 24.5 Å². The SMILES string of the molecule is COC(=O)C=CC=C[C@@H](C)C(CC(CO)OCc1ccc(OC)cc1)OCc1ccc(OC)cc1. The molecule has 0 fully saturated rings. The minimum Gasteiger partial charge on any atom is -0.497 e.